The number of rotatable bonds is 2. The lowest BCUT2D eigenvalue weighted by molar-refractivity contribution is 0.0693. The summed E-state index contributed by atoms with van der Waals surface area (Å²) in [5.74, 6) is -2.30. The molecule has 0 radical (unpaired) electrons. The van der Waals surface area contributed by atoms with Crippen LogP contribution in [0.15, 0.2) is 42.5 Å². The molecule has 1 unspecified atom stereocenters. The van der Waals surface area contributed by atoms with Crippen molar-refractivity contribution >= 4 is 17.2 Å². The number of nitrogen functional groups attached to an aromatic ring is 1. The fourth-order valence-corrected chi connectivity index (χ4v) is 2.62. The minimum atomic E-state index is -1.42. The highest BCUT2D eigenvalue weighted by molar-refractivity contribution is 6.00. The molecule has 4 N–H and O–H groups in total. The largest absolute Gasteiger partial charge is 0.478 e. The van der Waals surface area contributed by atoms with Gasteiger partial charge < -0.3 is 15.9 Å². The molecule has 0 spiro atoms. The Morgan fingerprint density at radius 2 is 1.86 bits per heavy atom. The van der Waals surface area contributed by atoms with Gasteiger partial charge in [0.25, 0.3) is 0 Å². The van der Waals surface area contributed by atoms with E-state index >= 15 is 0 Å². The number of anilines is 1. The van der Waals surface area contributed by atoms with Crippen LogP contribution in [0.3, 0.4) is 0 Å². The van der Waals surface area contributed by atoms with Gasteiger partial charge in [-0.05, 0) is 34.9 Å². The quantitative estimate of drug-likeness (QED) is 0.740. The van der Waals surface area contributed by atoms with Crippen molar-refractivity contribution < 1.29 is 19.4 Å². The summed E-state index contributed by atoms with van der Waals surface area (Å²) in [6.45, 7) is 0. The van der Waals surface area contributed by atoms with Gasteiger partial charge in [0.1, 0.15) is 11.4 Å². The number of nitrogens with two attached hydrogens (primary N) is 1. The first-order valence-corrected chi connectivity index (χ1v) is 6.31. The molecule has 106 valence electrons. The van der Waals surface area contributed by atoms with Gasteiger partial charge in [-0.25, -0.2) is 9.18 Å². The van der Waals surface area contributed by atoms with Crippen LogP contribution in [-0.2, 0) is 0 Å². The second kappa shape index (κ2) is 4.71. The monoisotopic (exact) mass is 285 g/mol. The van der Waals surface area contributed by atoms with Crippen molar-refractivity contribution in [2.45, 2.75) is 6.10 Å². The first-order valence-electron chi connectivity index (χ1n) is 6.31. The molecule has 0 heterocycles. The van der Waals surface area contributed by atoms with Gasteiger partial charge in [-0.2, -0.15) is 0 Å². The van der Waals surface area contributed by atoms with Gasteiger partial charge in [0.2, 0.25) is 0 Å². The molecule has 0 fully saturated rings. The van der Waals surface area contributed by atoms with Crippen LogP contribution in [0, 0.1) is 5.82 Å². The van der Waals surface area contributed by atoms with E-state index in [2.05, 4.69) is 0 Å². The SMILES string of the molecule is Nc1c(C2=CC(O)c3ccccc32)ccc(F)c1C(=O)O. The minimum Gasteiger partial charge on any atom is -0.478 e. The van der Waals surface area contributed by atoms with Gasteiger partial charge in [-0.15, -0.1) is 0 Å². The summed E-state index contributed by atoms with van der Waals surface area (Å²) < 4.78 is 13.6. The second-order valence-corrected chi connectivity index (χ2v) is 4.80. The maximum Gasteiger partial charge on any atom is 0.340 e. The van der Waals surface area contributed by atoms with Crippen LogP contribution in [0.25, 0.3) is 5.57 Å². The van der Waals surface area contributed by atoms with Crippen molar-refractivity contribution in [3.63, 3.8) is 0 Å². The normalized spacial score (nSPS) is 16.5. The van der Waals surface area contributed by atoms with E-state index < -0.39 is 23.5 Å². The van der Waals surface area contributed by atoms with E-state index in [9.17, 15) is 14.3 Å². The molecule has 1 aliphatic carbocycles. The minimum absolute atomic E-state index is 0.141. The number of aliphatic hydroxyl groups excluding tert-OH is 1. The highest BCUT2D eigenvalue weighted by Gasteiger charge is 2.26. The van der Waals surface area contributed by atoms with E-state index in [1.54, 1.807) is 24.3 Å². The molecule has 0 saturated carbocycles. The van der Waals surface area contributed by atoms with Gasteiger partial charge in [-0.1, -0.05) is 24.3 Å². The predicted molar refractivity (Wildman–Crippen MR) is 76.3 cm³/mol. The second-order valence-electron chi connectivity index (χ2n) is 4.80. The van der Waals surface area contributed by atoms with Gasteiger partial charge in [-0.3, -0.25) is 0 Å². The Labute approximate surface area is 120 Å². The molecule has 2 aromatic carbocycles. The molecule has 0 aromatic heterocycles. The summed E-state index contributed by atoms with van der Waals surface area (Å²) in [5.41, 5.74) is 7.62. The third-order valence-corrected chi connectivity index (χ3v) is 3.59. The molecule has 0 saturated heterocycles. The Morgan fingerprint density at radius 3 is 2.57 bits per heavy atom. The molecule has 0 bridgehead atoms. The lowest BCUT2D eigenvalue weighted by atomic mass is 9.95. The number of halogens is 1. The summed E-state index contributed by atoms with van der Waals surface area (Å²) in [5, 5.41) is 19.1. The van der Waals surface area contributed by atoms with Crippen LogP contribution in [0.5, 0.6) is 0 Å². The third kappa shape index (κ3) is 1.98. The third-order valence-electron chi connectivity index (χ3n) is 3.59. The molecule has 21 heavy (non-hydrogen) atoms. The summed E-state index contributed by atoms with van der Waals surface area (Å²) >= 11 is 0. The topological polar surface area (TPSA) is 83.5 Å². The highest BCUT2D eigenvalue weighted by Crippen LogP contribution is 2.40. The number of hydrogen-bond donors (Lipinski definition) is 3. The van der Waals surface area contributed by atoms with Crippen molar-refractivity contribution in [2.75, 3.05) is 5.73 Å². The molecule has 0 amide bonds. The van der Waals surface area contributed by atoms with E-state index in [4.69, 9.17) is 10.8 Å². The van der Waals surface area contributed by atoms with E-state index in [0.717, 1.165) is 11.6 Å². The van der Waals surface area contributed by atoms with Gasteiger partial charge >= 0.3 is 5.97 Å². The first-order chi connectivity index (χ1) is 10.0. The number of carboxylic acids is 1. The van der Waals surface area contributed by atoms with Crippen LogP contribution >= 0.6 is 0 Å². The van der Waals surface area contributed by atoms with E-state index in [-0.39, 0.29) is 5.69 Å². The average Bonchev–Trinajstić information content (AvgIpc) is 2.76. The average molecular weight is 285 g/mol. The fraction of sp³-hybridized carbons (Fsp3) is 0.0625. The zero-order valence-electron chi connectivity index (χ0n) is 10.9. The maximum absolute atomic E-state index is 13.6. The lowest BCUT2D eigenvalue weighted by Crippen LogP contribution is -2.08. The molecule has 3 rings (SSSR count). The van der Waals surface area contributed by atoms with Crippen LogP contribution in [-0.4, -0.2) is 16.2 Å². The highest BCUT2D eigenvalue weighted by atomic mass is 19.1. The molecular formula is C16H12FNO3. The summed E-state index contributed by atoms with van der Waals surface area (Å²) in [6.07, 6.45) is 0.800. The Bertz CT molecular complexity index is 783. The molecule has 2 aromatic rings. The molecule has 4 nitrogen and oxygen atoms in total. The molecule has 5 heteroatoms. The van der Waals surface area contributed by atoms with Gasteiger partial charge in [0, 0.05) is 5.56 Å². The van der Waals surface area contributed by atoms with E-state index in [1.165, 1.54) is 6.07 Å². The van der Waals surface area contributed by atoms with Crippen molar-refractivity contribution in [2.24, 2.45) is 0 Å². The zero-order chi connectivity index (χ0) is 15.1. The molecule has 0 aliphatic heterocycles. The first kappa shape index (κ1) is 13.3. The smallest absolute Gasteiger partial charge is 0.340 e. The summed E-state index contributed by atoms with van der Waals surface area (Å²) in [7, 11) is 0. The molecule has 1 aliphatic rings. The number of carbonyl (C=O) groups is 1. The van der Waals surface area contributed by atoms with Crippen molar-refractivity contribution in [1.29, 1.82) is 0 Å². The number of aromatic carboxylic acids is 1. The van der Waals surface area contributed by atoms with Crippen LogP contribution in [0.4, 0.5) is 10.1 Å². The van der Waals surface area contributed by atoms with Gasteiger partial charge in [0.15, 0.2) is 0 Å². The van der Waals surface area contributed by atoms with Crippen molar-refractivity contribution in [3.8, 4) is 0 Å². The van der Waals surface area contributed by atoms with E-state index in [0.29, 0.717) is 16.7 Å². The number of carboxylic acid groups (broad SMARTS) is 1. The number of hydrogen-bond acceptors (Lipinski definition) is 3. The number of aliphatic hydroxyl groups is 1. The Morgan fingerprint density at radius 1 is 1.14 bits per heavy atom. The van der Waals surface area contributed by atoms with Crippen LogP contribution < -0.4 is 5.73 Å². The van der Waals surface area contributed by atoms with Crippen molar-refractivity contribution in [1.82, 2.24) is 0 Å². The predicted octanol–water partition coefficient (Wildman–Crippen LogP) is 2.58. The van der Waals surface area contributed by atoms with Crippen molar-refractivity contribution in [3.05, 3.63) is 70.5 Å². The number of fused-ring (bicyclic) bond motifs is 1. The zero-order valence-corrected chi connectivity index (χ0v) is 10.9. The van der Waals surface area contributed by atoms with E-state index in [1.807, 2.05) is 6.07 Å². The van der Waals surface area contributed by atoms with Crippen LogP contribution in [0.2, 0.25) is 0 Å². The fourth-order valence-electron chi connectivity index (χ4n) is 2.62. The molecular weight excluding hydrogens is 273 g/mol. The lowest BCUT2D eigenvalue weighted by Gasteiger charge is -2.11. The Kier molecular flexibility index (Phi) is 2.99. The maximum atomic E-state index is 13.6. The standard InChI is InChI=1S/C16H12FNO3/c17-12-6-5-10(15(18)14(12)16(20)21)11-7-13(19)9-4-2-1-3-8(9)11/h1-7,13,19H,18H2,(H,20,21). The van der Waals surface area contributed by atoms with Gasteiger partial charge in [0.05, 0.1) is 11.8 Å². The number of benzene rings is 2. The summed E-state index contributed by atoms with van der Waals surface area (Å²) in [4.78, 5) is 11.1. The summed E-state index contributed by atoms with van der Waals surface area (Å²) in [6, 6.07) is 9.70. The van der Waals surface area contributed by atoms with Crippen LogP contribution in [0.1, 0.15) is 33.2 Å². The molecule has 1 atom stereocenters. The Balaban J connectivity index is 2.22. The Hall–Kier alpha value is -2.66.